The molecule has 1 heterocycles. The molecule has 112 valence electrons. The summed E-state index contributed by atoms with van der Waals surface area (Å²) in [4.78, 5) is 21.6. The highest BCUT2D eigenvalue weighted by atomic mass is 19.4. The average molecular weight is 308 g/mol. The summed E-state index contributed by atoms with van der Waals surface area (Å²) in [5, 5.41) is 0. The standard InChI is InChI=1S/C9H3F7O4/c10-7(11,8(12,13)9(14,15)16)6(18)20-5(17)4-2-1-3-19-4/h1-3H. The third kappa shape index (κ3) is 2.60. The number of halogens is 7. The van der Waals surface area contributed by atoms with Crippen LogP contribution in [0.4, 0.5) is 30.7 Å². The smallest absolute Gasteiger partial charge is 0.457 e. The maximum atomic E-state index is 12.8. The molecule has 11 heteroatoms. The first-order valence-electron chi connectivity index (χ1n) is 4.53. The van der Waals surface area contributed by atoms with Gasteiger partial charge in [-0.05, 0) is 12.1 Å². The van der Waals surface area contributed by atoms with Gasteiger partial charge in [0.1, 0.15) is 0 Å². The molecule has 0 unspecified atom stereocenters. The summed E-state index contributed by atoms with van der Waals surface area (Å²) in [6, 6.07) is 1.87. The molecule has 0 saturated heterocycles. The van der Waals surface area contributed by atoms with Crippen LogP contribution in [0.5, 0.6) is 0 Å². The largest absolute Gasteiger partial charge is 0.460 e. The van der Waals surface area contributed by atoms with E-state index >= 15 is 0 Å². The monoisotopic (exact) mass is 308 g/mol. The van der Waals surface area contributed by atoms with Gasteiger partial charge in [-0.25, -0.2) is 9.59 Å². The van der Waals surface area contributed by atoms with Crippen LogP contribution < -0.4 is 0 Å². The van der Waals surface area contributed by atoms with Gasteiger partial charge in [0, 0.05) is 0 Å². The average Bonchev–Trinajstić information content (AvgIpc) is 2.80. The Balaban J connectivity index is 2.93. The second kappa shape index (κ2) is 4.80. The summed E-state index contributed by atoms with van der Waals surface area (Å²) in [7, 11) is 0. The van der Waals surface area contributed by atoms with E-state index in [0.717, 1.165) is 18.4 Å². The predicted octanol–water partition coefficient (Wildman–Crippen LogP) is 2.80. The molecular weight excluding hydrogens is 305 g/mol. The summed E-state index contributed by atoms with van der Waals surface area (Å²) >= 11 is 0. The lowest BCUT2D eigenvalue weighted by Gasteiger charge is -2.25. The Morgan fingerprint density at radius 2 is 1.60 bits per heavy atom. The van der Waals surface area contributed by atoms with Gasteiger partial charge in [-0.1, -0.05) is 0 Å². The normalized spacial score (nSPS) is 13.2. The van der Waals surface area contributed by atoms with Crippen molar-refractivity contribution in [1.29, 1.82) is 0 Å². The Kier molecular flexibility index (Phi) is 3.83. The predicted molar refractivity (Wildman–Crippen MR) is 45.1 cm³/mol. The fraction of sp³-hybridized carbons (Fsp3) is 0.333. The Bertz CT molecular complexity index is 503. The molecule has 0 saturated carbocycles. The highest BCUT2D eigenvalue weighted by molar-refractivity contribution is 5.97. The molecule has 0 fully saturated rings. The van der Waals surface area contributed by atoms with Crippen molar-refractivity contribution in [2.75, 3.05) is 0 Å². The van der Waals surface area contributed by atoms with Gasteiger partial charge < -0.3 is 9.15 Å². The Hall–Kier alpha value is -2.07. The minimum absolute atomic E-state index is 0.815. The molecule has 0 N–H and O–H groups in total. The molecular formula is C9H3F7O4. The van der Waals surface area contributed by atoms with Gasteiger partial charge in [0.05, 0.1) is 6.26 Å². The molecule has 0 aromatic carbocycles. The van der Waals surface area contributed by atoms with Gasteiger partial charge in [0.15, 0.2) is 0 Å². The molecule has 0 bridgehead atoms. The van der Waals surface area contributed by atoms with E-state index in [9.17, 15) is 40.3 Å². The summed E-state index contributed by atoms with van der Waals surface area (Å²) in [6.45, 7) is 0. The lowest BCUT2D eigenvalue weighted by molar-refractivity contribution is -0.347. The number of ether oxygens (including phenoxy) is 1. The number of hydrogen-bond donors (Lipinski definition) is 0. The molecule has 0 aliphatic rings. The second-order valence-electron chi connectivity index (χ2n) is 3.30. The lowest BCUT2D eigenvalue weighted by atomic mass is 10.1. The highest BCUT2D eigenvalue weighted by Gasteiger charge is 2.77. The van der Waals surface area contributed by atoms with Crippen LogP contribution in [0.15, 0.2) is 22.8 Å². The van der Waals surface area contributed by atoms with Crippen molar-refractivity contribution in [1.82, 2.24) is 0 Å². The van der Waals surface area contributed by atoms with Crippen LogP contribution in [0.25, 0.3) is 0 Å². The number of furan rings is 1. The number of alkyl halides is 7. The zero-order valence-electron chi connectivity index (χ0n) is 9.01. The van der Waals surface area contributed by atoms with Crippen LogP contribution in [-0.2, 0) is 9.53 Å². The summed E-state index contributed by atoms with van der Waals surface area (Å²) in [6.07, 6.45) is -5.85. The van der Waals surface area contributed by atoms with Gasteiger partial charge >= 0.3 is 30.0 Å². The maximum Gasteiger partial charge on any atom is 0.460 e. The lowest BCUT2D eigenvalue weighted by Crippen LogP contribution is -2.57. The Morgan fingerprint density at radius 1 is 1.05 bits per heavy atom. The van der Waals surface area contributed by atoms with Crippen LogP contribution in [0.3, 0.4) is 0 Å². The van der Waals surface area contributed by atoms with Gasteiger partial charge in [0.25, 0.3) is 0 Å². The summed E-state index contributed by atoms with van der Waals surface area (Å²) in [5.41, 5.74) is 0. The van der Waals surface area contributed by atoms with Gasteiger partial charge in [0.2, 0.25) is 5.76 Å². The van der Waals surface area contributed by atoms with Gasteiger partial charge in [-0.2, -0.15) is 30.7 Å². The molecule has 1 rings (SSSR count). The number of rotatable bonds is 3. The van der Waals surface area contributed by atoms with Crippen LogP contribution in [0.2, 0.25) is 0 Å². The van der Waals surface area contributed by atoms with Crippen LogP contribution in [-0.4, -0.2) is 30.0 Å². The van der Waals surface area contributed by atoms with E-state index in [1.165, 1.54) is 0 Å². The van der Waals surface area contributed by atoms with Crippen molar-refractivity contribution in [2.24, 2.45) is 0 Å². The van der Waals surface area contributed by atoms with Crippen LogP contribution in [0.1, 0.15) is 10.6 Å². The number of hydrogen-bond acceptors (Lipinski definition) is 4. The quantitative estimate of drug-likeness (QED) is 0.489. The van der Waals surface area contributed by atoms with E-state index in [0.29, 0.717) is 0 Å². The molecule has 0 spiro atoms. The third-order valence-electron chi connectivity index (χ3n) is 1.91. The summed E-state index contributed by atoms with van der Waals surface area (Å²) in [5.74, 6) is -19.1. The highest BCUT2D eigenvalue weighted by Crippen LogP contribution is 2.47. The summed E-state index contributed by atoms with van der Waals surface area (Å²) < 4.78 is 93.2. The minimum Gasteiger partial charge on any atom is -0.457 e. The Morgan fingerprint density at radius 3 is 2.00 bits per heavy atom. The first kappa shape index (κ1) is 16.0. The zero-order valence-corrected chi connectivity index (χ0v) is 9.01. The molecule has 1 aromatic heterocycles. The van der Waals surface area contributed by atoms with Crippen LogP contribution in [0, 0.1) is 0 Å². The molecule has 0 radical (unpaired) electrons. The van der Waals surface area contributed by atoms with Gasteiger partial charge in [-0.3, -0.25) is 0 Å². The fourth-order valence-corrected chi connectivity index (χ4v) is 0.899. The van der Waals surface area contributed by atoms with Crippen molar-refractivity contribution < 1.29 is 49.5 Å². The molecule has 0 aliphatic carbocycles. The van der Waals surface area contributed by atoms with E-state index in [2.05, 4.69) is 9.15 Å². The van der Waals surface area contributed by atoms with Crippen molar-refractivity contribution in [2.45, 2.75) is 18.0 Å². The number of esters is 2. The van der Waals surface area contributed by atoms with E-state index in [1.54, 1.807) is 0 Å². The second-order valence-corrected chi connectivity index (χ2v) is 3.30. The Labute approximate surface area is 105 Å². The maximum absolute atomic E-state index is 12.8. The molecule has 20 heavy (non-hydrogen) atoms. The van der Waals surface area contributed by atoms with E-state index in [4.69, 9.17) is 0 Å². The third-order valence-corrected chi connectivity index (χ3v) is 1.91. The van der Waals surface area contributed by atoms with E-state index in [-0.39, 0.29) is 0 Å². The SMILES string of the molecule is O=C(OC(=O)C(F)(F)C(F)(F)C(F)(F)F)c1ccco1. The van der Waals surface area contributed by atoms with Crippen molar-refractivity contribution in [3.05, 3.63) is 24.2 Å². The molecule has 4 nitrogen and oxygen atoms in total. The van der Waals surface area contributed by atoms with Crippen LogP contribution >= 0.6 is 0 Å². The fourth-order valence-electron chi connectivity index (χ4n) is 0.899. The molecule has 1 aromatic rings. The first-order valence-corrected chi connectivity index (χ1v) is 4.53. The van der Waals surface area contributed by atoms with Crippen molar-refractivity contribution in [3.63, 3.8) is 0 Å². The van der Waals surface area contributed by atoms with E-state index in [1.807, 2.05) is 0 Å². The van der Waals surface area contributed by atoms with Crippen molar-refractivity contribution in [3.8, 4) is 0 Å². The van der Waals surface area contributed by atoms with E-state index < -0.39 is 35.7 Å². The van der Waals surface area contributed by atoms with Crippen molar-refractivity contribution >= 4 is 11.9 Å². The topological polar surface area (TPSA) is 56.5 Å². The first-order chi connectivity index (χ1) is 8.91. The number of carbonyl (C=O) groups is 2. The zero-order chi connectivity index (χ0) is 15.8. The molecule has 0 amide bonds. The molecule has 0 aliphatic heterocycles. The number of carbonyl (C=O) groups excluding carboxylic acids is 2. The minimum atomic E-state index is -6.71. The molecule has 0 atom stereocenters. The van der Waals surface area contributed by atoms with Gasteiger partial charge in [-0.15, -0.1) is 0 Å².